The van der Waals surface area contributed by atoms with Crippen molar-refractivity contribution in [3.63, 3.8) is 0 Å². The van der Waals surface area contributed by atoms with Crippen molar-refractivity contribution in [1.29, 1.82) is 0 Å². The summed E-state index contributed by atoms with van der Waals surface area (Å²) in [7, 11) is -0.0120. The van der Waals surface area contributed by atoms with Crippen LogP contribution in [0.4, 0.5) is 0 Å². The maximum atomic E-state index is 11.7. The molecule has 0 aromatic rings. The summed E-state index contributed by atoms with van der Waals surface area (Å²) in [5.74, 6) is 0. The van der Waals surface area contributed by atoms with E-state index in [4.69, 9.17) is 9.05 Å². The molecular weight excluding hydrogens is 201 g/mol. The number of nitrogens with one attached hydrogen (secondary N) is 1. The Hall–Kier alpha value is 0.110. The minimum absolute atomic E-state index is 0.324. The van der Waals surface area contributed by atoms with Gasteiger partial charge in [-0.25, -0.2) is 0 Å². The highest BCUT2D eigenvalue weighted by Crippen LogP contribution is 2.45. The Balaban J connectivity index is 2.27. The van der Waals surface area contributed by atoms with Crippen molar-refractivity contribution >= 4 is 7.60 Å². The van der Waals surface area contributed by atoms with Crippen molar-refractivity contribution in [2.24, 2.45) is 0 Å². The van der Waals surface area contributed by atoms with Crippen LogP contribution in [-0.4, -0.2) is 26.5 Å². The molecule has 1 aliphatic carbocycles. The van der Waals surface area contributed by atoms with Gasteiger partial charge in [-0.05, 0) is 12.8 Å². The Labute approximate surface area is 85.9 Å². The zero-order valence-corrected chi connectivity index (χ0v) is 9.89. The lowest BCUT2D eigenvalue weighted by Gasteiger charge is -2.24. The minimum Gasteiger partial charge on any atom is -0.311 e. The molecule has 14 heavy (non-hydrogen) atoms. The predicted molar refractivity (Wildman–Crippen MR) is 56.5 cm³/mol. The van der Waals surface area contributed by atoms with E-state index in [1.165, 1.54) is 46.3 Å². The Kier molecular flexibility index (Phi) is 5.10. The quantitative estimate of drug-likeness (QED) is 0.724. The van der Waals surface area contributed by atoms with Crippen LogP contribution >= 0.6 is 7.60 Å². The highest BCUT2D eigenvalue weighted by atomic mass is 31.2. The molecule has 0 aliphatic heterocycles. The Morgan fingerprint density at radius 1 is 1.21 bits per heavy atom. The largest absolute Gasteiger partial charge is 0.343 e. The van der Waals surface area contributed by atoms with Crippen molar-refractivity contribution in [2.45, 2.75) is 38.1 Å². The molecule has 0 heterocycles. The summed E-state index contributed by atoms with van der Waals surface area (Å²) in [6, 6.07) is 0.488. The van der Waals surface area contributed by atoms with E-state index in [0.717, 1.165) is 0 Å². The Bertz CT molecular complexity index is 196. The van der Waals surface area contributed by atoms with Gasteiger partial charge in [0.15, 0.2) is 0 Å². The van der Waals surface area contributed by atoms with E-state index in [1.54, 1.807) is 0 Å². The fourth-order valence-corrected chi connectivity index (χ4v) is 2.64. The van der Waals surface area contributed by atoms with Gasteiger partial charge in [-0.3, -0.25) is 4.57 Å². The molecule has 0 radical (unpaired) electrons. The van der Waals surface area contributed by atoms with Gasteiger partial charge in [0.25, 0.3) is 0 Å². The van der Waals surface area contributed by atoms with Gasteiger partial charge in [-0.15, -0.1) is 0 Å². The molecule has 0 saturated heterocycles. The molecule has 0 amide bonds. The normalized spacial score (nSPS) is 19.9. The second-order valence-corrected chi connectivity index (χ2v) is 5.94. The van der Waals surface area contributed by atoms with Gasteiger partial charge in [-0.2, -0.15) is 0 Å². The molecule has 1 fully saturated rings. The first-order valence-electron chi connectivity index (χ1n) is 5.14. The van der Waals surface area contributed by atoms with Crippen LogP contribution in [0.5, 0.6) is 0 Å². The summed E-state index contributed by atoms with van der Waals surface area (Å²) >= 11 is 0. The van der Waals surface area contributed by atoms with Crippen LogP contribution in [0.2, 0.25) is 0 Å². The molecule has 1 rings (SSSR count). The van der Waals surface area contributed by atoms with Gasteiger partial charge < -0.3 is 14.4 Å². The van der Waals surface area contributed by atoms with Crippen LogP contribution in [0.1, 0.15) is 32.1 Å². The zero-order chi connectivity index (χ0) is 10.4. The fourth-order valence-electron chi connectivity index (χ4n) is 1.75. The second kappa shape index (κ2) is 5.86. The van der Waals surface area contributed by atoms with Gasteiger partial charge in [0.1, 0.15) is 0 Å². The molecule has 4 nitrogen and oxygen atoms in total. The summed E-state index contributed by atoms with van der Waals surface area (Å²) in [6.45, 7) is 0. The van der Waals surface area contributed by atoms with Crippen molar-refractivity contribution < 1.29 is 13.6 Å². The summed E-state index contributed by atoms with van der Waals surface area (Å²) < 4.78 is 21.4. The minimum atomic E-state index is -2.86. The van der Waals surface area contributed by atoms with Crippen LogP contribution in [0.3, 0.4) is 0 Å². The standard InChI is InChI=1S/C9H20NO3P/c1-12-14(11,13-2)8-10-9-6-4-3-5-7-9/h9-10H,3-8H2,1-2H3. The molecule has 0 unspecified atom stereocenters. The second-order valence-electron chi connectivity index (χ2n) is 3.67. The lowest BCUT2D eigenvalue weighted by molar-refractivity contribution is 0.267. The van der Waals surface area contributed by atoms with E-state index in [1.807, 2.05) is 0 Å². The molecule has 1 saturated carbocycles. The average molecular weight is 221 g/mol. The third-order valence-corrected chi connectivity index (χ3v) is 4.42. The molecule has 0 spiro atoms. The lowest BCUT2D eigenvalue weighted by Crippen LogP contribution is -2.32. The highest BCUT2D eigenvalue weighted by Gasteiger charge is 2.23. The van der Waals surface area contributed by atoms with Gasteiger partial charge in [0, 0.05) is 20.3 Å². The first kappa shape index (κ1) is 12.2. The molecule has 1 N–H and O–H groups in total. The first-order chi connectivity index (χ1) is 6.70. The fraction of sp³-hybridized carbons (Fsp3) is 1.00. The van der Waals surface area contributed by atoms with Crippen molar-refractivity contribution in [2.75, 3.05) is 20.5 Å². The van der Waals surface area contributed by atoms with Gasteiger partial charge in [0.05, 0.1) is 6.29 Å². The summed E-state index contributed by atoms with van der Waals surface area (Å²) in [6.07, 6.45) is 6.53. The summed E-state index contributed by atoms with van der Waals surface area (Å²) in [4.78, 5) is 0. The van der Waals surface area contributed by atoms with E-state index in [-0.39, 0.29) is 0 Å². The third kappa shape index (κ3) is 3.70. The Morgan fingerprint density at radius 3 is 2.29 bits per heavy atom. The Morgan fingerprint density at radius 2 is 1.79 bits per heavy atom. The average Bonchev–Trinajstić information content (AvgIpc) is 2.27. The number of rotatable bonds is 5. The third-order valence-electron chi connectivity index (χ3n) is 2.74. The predicted octanol–water partition coefficient (Wildman–Crippen LogP) is 2.35. The molecule has 5 heteroatoms. The van der Waals surface area contributed by atoms with Crippen molar-refractivity contribution in [3.8, 4) is 0 Å². The van der Waals surface area contributed by atoms with Crippen LogP contribution in [0.15, 0.2) is 0 Å². The smallest absolute Gasteiger partial charge is 0.311 e. The van der Waals surface area contributed by atoms with Crippen molar-refractivity contribution in [3.05, 3.63) is 0 Å². The van der Waals surface area contributed by atoms with Crippen LogP contribution in [0.25, 0.3) is 0 Å². The monoisotopic (exact) mass is 221 g/mol. The van der Waals surface area contributed by atoms with E-state index < -0.39 is 7.60 Å². The van der Waals surface area contributed by atoms with Crippen LogP contribution in [-0.2, 0) is 13.6 Å². The highest BCUT2D eigenvalue weighted by molar-refractivity contribution is 7.53. The van der Waals surface area contributed by atoms with Gasteiger partial charge >= 0.3 is 7.60 Å². The molecule has 1 aliphatic rings. The van der Waals surface area contributed by atoms with E-state index in [0.29, 0.717) is 12.3 Å². The van der Waals surface area contributed by atoms with E-state index in [2.05, 4.69) is 5.32 Å². The van der Waals surface area contributed by atoms with E-state index in [9.17, 15) is 4.57 Å². The summed E-state index contributed by atoms with van der Waals surface area (Å²) in [5.41, 5.74) is 0. The van der Waals surface area contributed by atoms with Gasteiger partial charge in [-0.1, -0.05) is 19.3 Å². The van der Waals surface area contributed by atoms with E-state index >= 15 is 0 Å². The van der Waals surface area contributed by atoms with Crippen molar-refractivity contribution in [1.82, 2.24) is 5.32 Å². The molecule has 0 aromatic carbocycles. The maximum Gasteiger partial charge on any atom is 0.343 e. The van der Waals surface area contributed by atoms with Crippen LogP contribution < -0.4 is 5.32 Å². The number of hydrogen-bond acceptors (Lipinski definition) is 4. The van der Waals surface area contributed by atoms with Gasteiger partial charge in [0.2, 0.25) is 0 Å². The summed E-state index contributed by atoms with van der Waals surface area (Å²) in [5, 5.41) is 3.25. The zero-order valence-electron chi connectivity index (χ0n) is 8.99. The molecule has 84 valence electrons. The lowest BCUT2D eigenvalue weighted by atomic mass is 9.96. The number of hydrogen-bond donors (Lipinski definition) is 1. The SMILES string of the molecule is COP(=O)(CNC1CCCCC1)OC. The maximum absolute atomic E-state index is 11.7. The molecule has 0 aromatic heterocycles. The van der Waals surface area contributed by atoms with Crippen LogP contribution in [0, 0.1) is 0 Å². The molecule has 0 bridgehead atoms. The molecular formula is C9H20NO3P. The molecule has 0 atom stereocenters. The first-order valence-corrected chi connectivity index (χ1v) is 6.87. The topological polar surface area (TPSA) is 47.6 Å².